The van der Waals surface area contributed by atoms with Crippen molar-refractivity contribution in [2.45, 2.75) is 47.3 Å². The van der Waals surface area contributed by atoms with Crippen LogP contribution in [0.15, 0.2) is 23.9 Å². The average molecular weight is 439 g/mol. The van der Waals surface area contributed by atoms with Gasteiger partial charge in [-0.3, -0.25) is 14.9 Å². The molecule has 2 rings (SSSR count). The maximum absolute atomic E-state index is 13.2. The smallest absolute Gasteiger partial charge is 0.400 e. The summed E-state index contributed by atoms with van der Waals surface area (Å²) in [7, 11) is 0. The molecule has 1 aromatic heterocycles. The Morgan fingerprint density at radius 2 is 1.81 bits per heavy atom. The Morgan fingerprint density at radius 3 is 2.29 bits per heavy atom. The number of halogens is 3. The van der Waals surface area contributed by atoms with E-state index in [0.717, 1.165) is 22.5 Å². The fourth-order valence-electron chi connectivity index (χ4n) is 2.97. The summed E-state index contributed by atoms with van der Waals surface area (Å²) in [4.78, 5) is 35.4. The predicted molar refractivity (Wildman–Crippen MR) is 105 cm³/mol. The van der Waals surface area contributed by atoms with Gasteiger partial charge >= 0.3 is 12.1 Å². The normalized spacial score (nSPS) is 11.2. The largest absolute Gasteiger partial charge is 0.491 e. The lowest BCUT2D eigenvalue weighted by Gasteiger charge is -2.14. The summed E-state index contributed by atoms with van der Waals surface area (Å²) >= 11 is 0. The van der Waals surface area contributed by atoms with Crippen LogP contribution in [0.1, 0.15) is 54.7 Å². The number of aryl methyl sites for hydroxylation is 1. The average Bonchev–Trinajstić information content (AvgIpc) is 3.08. The van der Waals surface area contributed by atoms with E-state index in [2.05, 4.69) is 9.84 Å². The van der Waals surface area contributed by atoms with E-state index in [4.69, 9.17) is 0 Å². The number of rotatable bonds is 6. The van der Waals surface area contributed by atoms with Crippen LogP contribution in [0.25, 0.3) is 5.57 Å². The number of ether oxygens (including phenoxy) is 1. The third kappa shape index (κ3) is 4.65. The van der Waals surface area contributed by atoms with Gasteiger partial charge in [-0.15, -0.1) is 0 Å². The summed E-state index contributed by atoms with van der Waals surface area (Å²) in [6.45, 7) is 8.27. The molecule has 0 bridgehead atoms. The molecule has 0 saturated heterocycles. The van der Waals surface area contributed by atoms with Crippen LogP contribution in [0, 0.1) is 17.0 Å². The van der Waals surface area contributed by atoms with Gasteiger partial charge in [0.1, 0.15) is 5.56 Å². The van der Waals surface area contributed by atoms with Crippen LogP contribution in [-0.2, 0) is 11.3 Å². The van der Waals surface area contributed by atoms with Gasteiger partial charge in [-0.1, -0.05) is 5.57 Å². The number of allylic oxidation sites excluding steroid dienone is 2. The highest BCUT2D eigenvalue weighted by atomic mass is 19.4. The molecule has 0 spiro atoms. The molecule has 0 unspecified atom stereocenters. The van der Waals surface area contributed by atoms with Gasteiger partial charge in [-0.25, -0.2) is 9.48 Å². The van der Waals surface area contributed by atoms with E-state index in [1.807, 2.05) is 0 Å². The van der Waals surface area contributed by atoms with Crippen molar-refractivity contribution in [1.29, 1.82) is 0 Å². The maximum Gasteiger partial charge on any atom is 0.491 e. The quantitative estimate of drug-likeness (QED) is 0.281. The summed E-state index contributed by atoms with van der Waals surface area (Å²) in [6.07, 6.45) is -4.26. The molecular formula is C20H20F3N3O5. The van der Waals surface area contributed by atoms with Gasteiger partial charge in [0.25, 0.3) is 5.69 Å². The minimum atomic E-state index is -5.26. The summed E-state index contributed by atoms with van der Waals surface area (Å²) in [6, 6.07) is 2.38. The highest BCUT2D eigenvalue weighted by Gasteiger charge is 2.42. The van der Waals surface area contributed by atoms with Crippen molar-refractivity contribution >= 4 is 23.0 Å². The molecular weight excluding hydrogens is 419 g/mol. The van der Waals surface area contributed by atoms with Crippen molar-refractivity contribution in [2.24, 2.45) is 0 Å². The van der Waals surface area contributed by atoms with Gasteiger partial charge in [-0.2, -0.15) is 18.3 Å². The first kappa shape index (κ1) is 23.8. The third-order valence-electron chi connectivity index (χ3n) is 4.77. The number of aromatic nitrogens is 2. The number of alkyl halides is 3. The van der Waals surface area contributed by atoms with E-state index in [1.54, 1.807) is 27.7 Å². The number of carbonyl (C=O) groups excluding carboxylic acids is 2. The molecule has 1 heterocycles. The third-order valence-corrected chi connectivity index (χ3v) is 4.77. The molecule has 31 heavy (non-hydrogen) atoms. The van der Waals surface area contributed by atoms with Crippen LogP contribution in [0.3, 0.4) is 0 Å². The Bertz CT molecular complexity index is 1100. The highest BCUT2D eigenvalue weighted by Crippen LogP contribution is 2.35. The lowest BCUT2D eigenvalue weighted by molar-refractivity contribution is -0.385. The Morgan fingerprint density at radius 1 is 1.19 bits per heavy atom. The molecule has 0 radical (unpaired) electrons. The number of nitro benzene ring substituents is 1. The number of carbonyl (C=O) groups is 2. The summed E-state index contributed by atoms with van der Waals surface area (Å²) in [5.74, 6) is -3.91. The molecule has 1 aromatic carbocycles. The minimum Gasteiger partial charge on any atom is -0.400 e. The zero-order chi connectivity index (χ0) is 23.7. The molecule has 0 N–H and O–H groups in total. The van der Waals surface area contributed by atoms with Crippen molar-refractivity contribution < 1.29 is 32.4 Å². The van der Waals surface area contributed by atoms with Gasteiger partial charge in [0.2, 0.25) is 5.88 Å². The van der Waals surface area contributed by atoms with Crippen LogP contribution >= 0.6 is 0 Å². The second-order valence-corrected chi connectivity index (χ2v) is 6.91. The number of ketones is 1. The first-order valence-electron chi connectivity index (χ1n) is 9.13. The fourth-order valence-corrected chi connectivity index (χ4v) is 2.97. The van der Waals surface area contributed by atoms with E-state index >= 15 is 0 Å². The van der Waals surface area contributed by atoms with Crippen molar-refractivity contribution in [2.75, 3.05) is 0 Å². The molecule has 11 heteroatoms. The predicted octanol–water partition coefficient (Wildman–Crippen LogP) is 4.63. The highest BCUT2D eigenvalue weighted by molar-refractivity contribution is 6.12. The summed E-state index contributed by atoms with van der Waals surface area (Å²) in [5, 5.41) is 15.3. The molecule has 0 aliphatic heterocycles. The molecule has 0 aliphatic carbocycles. The topological polar surface area (TPSA) is 104 Å². The molecule has 0 fully saturated rings. The van der Waals surface area contributed by atoms with Crippen LogP contribution < -0.4 is 4.74 Å². The van der Waals surface area contributed by atoms with E-state index in [1.165, 1.54) is 13.0 Å². The van der Waals surface area contributed by atoms with Crippen molar-refractivity contribution in [3.05, 3.63) is 56.3 Å². The van der Waals surface area contributed by atoms with Crippen LogP contribution in [0.4, 0.5) is 18.9 Å². The zero-order valence-corrected chi connectivity index (χ0v) is 17.5. The summed E-state index contributed by atoms with van der Waals surface area (Å²) in [5.41, 5.74) is 1.34. The fraction of sp³-hybridized carbons (Fsp3) is 0.350. The maximum atomic E-state index is 13.2. The Kier molecular flexibility index (Phi) is 6.67. The van der Waals surface area contributed by atoms with Gasteiger partial charge < -0.3 is 4.74 Å². The van der Waals surface area contributed by atoms with Gasteiger partial charge in [-0.05, 0) is 51.8 Å². The van der Waals surface area contributed by atoms with E-state index < -0.39 is 28.7 Å². The van der Waals surface area contributed by atoms with Gasteiger partial charge in [0, 0.05) is 18.2 Å². The van der Waals surface area contributed by atoms with Gasteiger partial charge in [0.05, 0.1) is 16.7 Å². The minimum absolute atomic E-state index is 0.0150. The number of nitro groups is 1. The molecule has 0 atom stereocenters. The molecule has 2 aromatic rings. The van der Waals surface area contributed by atoms with Crippen molar-refractivity contribution in [3.63, 3.8) is 0 Å². The molecule has 0 aliphatic rings. The number of hydrogen-bond donors (Lipinski definition) is 0. The van der Waals surface area contributed by atoms with Gasteiger partial charge in [0.15, 0.2) is 5.78 Å². The van der Waals surface area contributed by atoms with Crippen LogP contribution in [0.5, 0.6) is 5.88 Å². The Labute approximate surface area is 175 Å². The monoisotopic (exact) mass is 439 g/mol. The Balaban J connectivity index is 2.67. The molecule has 166 valence electrons. The second-order valence-electron chi connectivity index (χ2n) is 6.91. The van der Waals surface area contributed by atoms with Crippen molar-refractivity contribution in [1.82, 2.24) is 9.78 Å². The van der Waals surface area contributed by atoms with Crippen LogP contribution in [0.2, 0.25) is 0 Å². The summed E-state index contributed by atoms with van der Waals surface area (Å²) < 4.78 is 43.4. The van der Waals surface area contributed by atoms with Crippen LogP contribution in [-0.4, -0.2) is 32.6 Å². The Hall–Kier alpha value is -3.50. The molecule has 0 amide bonds. The van der Waals surface area contributed by atoms with Crippen molar-refractivity contribution in [3.8, 4) is 5.88 Å². The first-order chi connectivity index (χ1) is 14.3. The number of nitrogens with zero attached hydrogens (tertiary/aromatic N) is 3. The van der Waals surface area contributed by atoms with E-state index in [-0.39, 0.29) is 34.5 Å². The number of esters is 1. The lowest BCUT2D eigenvalue weighted by atomic mass is 9.90. The first-order valence-corrected chi connectivity index (χ1v) is 9.13. The zero-order valence-electron chi connectivity index (χ0n) is 17.5. The number of benzene rings is 1. The van der Waals surface area contributed by atoms with E-state index in [9.17, 15) is 32.9 Å². The standard InChI is InChI=1S/C20H20F3N3O5/c1-6-25-18(31-19(28)20(21,22)23)14(9-24-25)17(27)13-7-8-15(26(29)30)16(12(13)5)11(4)10(2)3/h7-9H,6H2,1-5H3. The molecule has 0 saturated carbocycles. The lowest BCUT2D eigenvalue weighted by Crippen LogP contribution is -2.29. The number of hydrogen-bond acceptors (Lipinski definition) is 6. The second kappa shape index (κ2) is 8.70. The SMILES string of the molecule is CCn1ncc(C(=O)c2ccc([N+](=O)[O-])c(C(C)=C(C)C)c2C)c1OC(=O)C(F)(F)F. The van der Waals surface area contributed by atoms with E-state index in [0.29, 0.717) is 5.57 Å². The molecule has 8 nitrogen and oxygen atoms in total.